The molecular formula is C11H10N4O4. The van der Waals surface area contributed by atoms with E-state index in [1.54, 1.807) is 6.07 Å². The molecule has 0 aliphatic rings. The molecule has 19 heavy (non-hydrogen) atoms. The van der Waals surface area contributed by atoms with Crippen molar-refractivity contribution in [2.75, 3.05) is 18.5 Å². The van der Waals surface area contributed by atoms with Gasteiger partial charge < -0.3 is 10.2 Å². The molecule has 8 heteroatoms. The van der Waals surface area contributed by atoms with Gasteiger partial charge in [-0.05, 0) is 12.1 Å². The molecule has 1 aromatic carbocycles. The molecular weight excluding hydrogens is 252 g/mol. The van der Waals surface area contributed by atoms with Crippen molar-refractivity contribution in [3.8, 4) is 6.07 Å². The summed E-state index contributed by atoms with van der Waals surface area (Å²) in [6.07, 6.45) is 0. The highest BCUT2D eigenvalue weighted by atomic mass is 16.6. The number of nitriles is 1. The number of nitrogens with one attached hydrogen (secondary N) is 1. The molecule has 0 heterocycles. The van der Waals surface area contributed by atoms with Crippen LogP contribution in [-0.4, -0.2) is 30.3 Å². The van der Waals surface area contributed by atoms with E-state index in [2.05, 4.69) is 5.32 Å². The minimum Gasteiger partial charge on any atom is -0.335 e. The fourth-order valence-corrected chi connectivity index (χ4v) is 1.26. The van der Waals surface area contributed by atoms with Crippen LogP contribution in [-0.2, 0) is 9.59 Å². The highest BCUT2D eigenvalue weighted by Crippen LogP contribution is 2.18. The fraction of sp³-hybridized carbons (Fsp3) is 0.182. The molecule has 8 nitrogen and oxygen atoms in total. The molecule has 98 valence electrons. The third-order valence-corrected chi connectivity index (χ3v) is 2.27. The van der Waals surface area contributed by atoms with E-state index in [-0.39, 0.29) is 12.2 Å². The van der Waals surface area contributed by atoms with E-state index < -0.39 is 16.7 Å². The van der Waals surface area contributed by atoms with Crippen LogP contribution in [0.25, 0.3) is 0 Å². The monoisotopic (exact) mass is 262 g/mol. The molecule has 0 saturated heterocycles. The Morgan fingerprint density at radius 1 is 1.42 bits per heavy atom. The van der Waals surface area contributed by atoms with E-state index >= 15 is 0 Å². The van der Waals surface area contributed by atoms with Crippen LogP contribution in [0.2, 0.25) is 0 Å². The van der Waals surface area contributed by atoms with Crippen LogP contribution in [0.4, 0.5) is 11.4 Å². The molecule has 0 fully saturated rings. The Morgan fingerprint density at radius 3 is 2.47 bits per heavy atom. The quantitative estimate of drug-likeness (QED) is 0.361. The van der Waals surface area contributed by atoms with Gasteiger partial charge in [-0.1, -0.05) is 0 Å². The highest BCUT2D eigenvalue weighted by Gasteiger charge is 2.19. The van der Waals surface area contributed by atoms with Gasteiger partial charge >= 0.3 is 11.8 Å². The standard InChI is InChI=1S/C11H10N4O4/c1-14(11(17)10(16)13-7-6-12)8-2-4-9(5-3-8)15(18)19/h2-5H,7H2,1H3,(H,13,16). The van der Waals surface area contributed by atoms with Crippen LogP contribution in [0.3, 0.4) is 0 Å². The van der Waals surface area contributed by atoms with Gasteiger partial charge in [0.2, 0.25) is 0 Å². The summed E-state index contributed by atoms with van der Waals surface area (Å²) in [7, 11) is 1.36. The molecule has 0 atom stereocenters. The van der Waals surface area contributed by atoms with Gasteiger partial charge in [0.15, 0.2) is 0 Å². The van der Waals surface area contributed by atoms with Crippen molar-refractivity contribution in [2.45, 2.75) is 0 Å². The van der Waals surface area contributed by atoms with E-state index in [9.17, 15) is 19.7 Å². The van der Waals surface area contributed by atoms with Crippen molar-refractivity contribution in [1.29, 1.82) is 5.26 Å². The third-order valence-electron chi connectivity index (χ3n) is 2.27. The van der Waals surface area contributed by atoms with Crippen molar-refractivity contribution in [3.05, 3.63) is 34.4 Å². The summed E-state index contributed by atoms with van der Waals surface area (Å²) in [5.74, 6) is -1.77. The number of amides is 2. The number of anilines is 1. The first-order valence-electron chi connectivity index (χ1n) is 5.14. The molecule has 0 saturated carbocycles. The molecule has 0 spiro atoms. The summed E-state index contributed by atoms with van der Waals surface area (Å²) in [5, 5.41) is 20.9. The summed E-state index contributed by atoms with van der Waals surface area (Å²) >= 11 is 0. The van der Waals surface area contributed by atoms with Crippen LogP contribution < -0.4 is 10.2 Å². The van der Waals surface area contributed by atoms with Gasteiger partial charge in [-0.3, -0.25) is 19.7 Å². The van der Waals surface area contributed by atoms with Gasteiger partial charge in [0.05, 0.1) is 11.0 Å². The summed E-state index contributed by atoms with van der Waals surface area (Å²) in [4.78, 5) is 33.9. The number of carbonyl (C=O) groups is 2. The summed E-state index contributed by atoms with van der Waals surface area (Å²) in [5.41, 5.74) is 0.223. The Hall–Kier alpha value is -2.95. The van der Waals surface area contributed by atoms with Gasteiger partial charge in [0.25, 0.3) is 5.69 Å². The lowest BCUT2D eigenvalue weighted by Gasteiger charge is -2.15. The van der Waals surface area contributed by atoms with Gasteiger partial charge in [-0.25, -0.2) is 0 Å². The SMILES string of the molecule is CN(C(=O)C(=O)NCC#N)c1ccc([N+](=O)[O-])cc1. The van der Waals surface area contributed by atoms with Gasteiger partial charge in [-0.15, -0.1) is 0 Å². The topological polar surface area (TPSA) is 116 Å². The van der Waals surface area contributed by atoms with E-state index in [0.717, 1.165) is 4.90 Å². The first-order chi connectivity index (χ1) is 8.97. The summed E-state index contributed by atoms with van der Waals surface area (Å²) in [6, 6.07) is 6.84. The minimum absolute atomic E-state index is 0.112. The van der Waals surface area contributed by atoms with Crippen molar-refractivity contribution in [1.82, 2.24) is 5.32 Å². The van der Waals surface area contributed by atoms with Crippen molar-refractivity contribution in [2.24, 2.45) is 0 Å². The molecule has 0 unspecified atom stereocenters. The number of nitro groups is 1. The van der Waals surface area contributed by atoms with Crippen LogP contribution in [0.15, 0.2) is 24.3 Å². The highest BCUT2D eigenvalue weighted by molar-refractivity contribution is 6.40. The molecule has 0 radical (unpaired) electrons. The number of hydrogen-bond donors (Lipinski definition) is 1. The lowest BCUT2D eigenvalue weighted by atomic mass is 10.2. The van der Waals surface area contributed by atoms with E-state index in [0.29, 0.717) is 5.69 Å². The second kappa shape index (κ2) is 6.11. The average Bonchev–Trinajstić information content (AvgIpc) is 2.43. The number of nitro benzene ring substituents is 1. The second-order valence-electron chi connectivity index (χ2n) is 3.48. The van der Waals surface area contributed by atoms with Crippen molar-refractivity contribution < 1.29 is 14.5 Å². The average molecular weight is 262 g/mol. The van der Waals surface area contributed by atoms with Crippen LogP contribution in [0.1, 0.15) is 0 Å². The molecule has 0 aliphatic carbocycles. The Bertz CT molecular complexity index is 547. The second-order valence-corrected chi connectivity index (χ2v) is 3.48. The maximum absolute atomic E-state index is 11.6. The lowest BCUT2D eigenvalue weighted by Crippen LogP contribution is -2.41. The fourth-order valence-electron chi connectivity index (χ4n) is 1.26. The number of likely N-dealkylation sites (N-methyl/N-ethyl adjacent to an activating group) is 1. The third kappa shape index (κ3) is 3.50. The normalized spacial score (nSPS) is 9.26. The number of non-ortho nitro benzene ring substituents is 1. The molecule has 0 aromatic heterocycles. The summed E-state index contributed by atoms with van der Waals surface area (Å²) in [6.45, 7) is -0.265. The lowest BCUT2D eigenvalue weighted by molar-refractivity contribution is -0.384. The zero-order valence-corrected chi connectivity index (χ0v) is 9.99. The molecule has 1 aromatic rings. The molecule has 0 aliphatic heterocycles. The van der Waals surface area contributed by atoms with Gasteiger partial charge in [0.1, 0.15) is 6.54 Å². The predicted octanol–water partition coefficient (Wildman–Crippen LogP) is 0.197. The minimum atomic E-state index is -0.914. The first-order valence-corrected chi connectivity index (χ1v) is 5.14. The van der Waals surface area contributed by atoms with Crippen LogP contribution >= 0.6 is 0 Å². The Balaban J connectivity index is 2.80. The van der Waals surface area contributed by atoms with E-state index in [1.165, 1.54) is 31.3 Å². The van der Waals surface area contributed by atoms with Crippen molar-refractivity contribution in [3.63, 3.8) is 0 Å². The molecule has 2 amide bonds. The number of rotatable bonds is 3. The maximum atomic E-state index is 11.6. The number of nitrogens with zero attached hydrogens (tertiary/aromatic N) is 3. The number of hydrogen-bond acceptors (Lipinski definition) is 5. The van der Waals surface area contributed by atoms with E-state index in [4.69, 9.17) is 5.26 Å². The first kappa shape index (κ1) is 14.1. The molecule has 0 bridgehead atoms. The predicted molar refractivity (Wildman–Crippen MR) is 65.1 cm³/mol. The van der Waals surface area contributed by atoms with Gasteiger partial charge in [0, 0.05) is 24.9 Å². The van der Waals surface area contributed by atoms with Crippen LogP contribution in [0, 0.1) is 21.4 Å². The largest absolute Gasteiger partial charge is 0.335 e. The smallest absolute Gasteiger partial charge is 0.316 e. The zero-order chi connectivity index (χ0) is 14.4. The van der Waals surface area contributed by atoms with Crippen LogP contribution in [0.5, 0.6) is 0 Å². The maximum Gasteiger partial charge on any atom is 0.316 e. The summed E-state index contributed by atoms with van der Waals surface area (Å²) < 4.78 is 0. The van der Waals surface area contributed by atoms with Gasteiger partial charge in [-0.2, -0.15) is 5.26 Å². The van der Waals surface area contributed by atoms with E-state index in [1.807, 2.05) is 0 Å². The van der Waals surface area contributed by atoms with Crippen molar-refractivity contribution >= 4 is 23.2 Å². The Labute approximate surface area is 108 Å². The molecule has 1 rings (SSSR count). The number of carbonyl (C=O) groups excluding carboxylic acids is 2. The number of benzene rings is 1. The Morgan fingerprint density at radius 2 is 2.00 bits per heavy atom. The molecule has 1 N–H and O–H groups in total. The zero-order valence-electron chi connectivity index (χ0n) is 9.99. The Kier molecular flexibility index (Phi) is 4.54.